The van der Waals surface area contributed by atoms with E-state index in [1.54, 1.807) is 17.3 Å². The van der Waals surface area contributed by atoms with Crippen molar-refractivity contribution in [1.29, 1.82) is 0 Å². The van der Waals surface area contributed by atoms with Crippen molar-refractivity contribution in [2.45, 2.75) is 52.1 Å². The Balaban J connectivity index is 2.06. The summed E-state index contributed by atoms with van der Waals surface area (Å²) in [5, 5.41) is 2.92. The summed E-state index contributed by atoms with van der Waals surface area (Å²) in [5.74, 6) is 0.180. The number of aromatic nitrogens is 1. The summed E-state index contributed by atoms with van der Waals surface area (Å²) in [6, 6.07) is 1.67. The van der Waals surface area contributed by atoms with E-state index in [4.69, 9.17) is 0 Å². The summed E-state index contributed by atoms with van der Waals surface area (Å²) in [5.41, 5.74) is 2.09. The van der Waals surface area contributed by atoms with Crippen LogP contribution in [0, 0.1) is 0 Å². The van der Waals surface area contributed by atoms with Crippen LogP contribution in [0.2, 0.25) is 0 Å². The zero-order valence-corrected chi connectivity index (χ0v) is 15.7. The third kappa shape index (κ3) is 4.69. The average molecular weight is 353 g/mol. The number of urea groups is 1. The summed E-state index contributed by atoms with van der Waals surface area (Å²) in [6.07, 6.45) is 4.01. The summed E-state index contributed by atoms with van der Waals surface area (Å²) in [6.45, 7) is 8.88. The van der Waals surface area contributed by atoms with E-state index in [1.807, 2.05) is 13.0 Å². The van der Waals surface area contributed by atoms with E-state index in [-0.39, 0.29) is 35.5 Å². The number of pyridine rings is 1. The SMILES string of the molecule is CC1CCS(=O)(=O)CCN1C(=O)NCc1cnccc1C(C)(C)C. The van der Waals surface area contributed by atoms with Crippen LogP contribution < -0.4 is 5.32 Å². The van der Waals surface area contributed by atoms with E-state index in [2.05, 4.69) is 31.1 Å². The number of hydrogen-bond acceptors (Lipinski definition) is 4. The van der Waals surface area contributed by atoms with Gasteiger partial charge in [-0.2, -0.15) is 0 Å². The van der Waals surface area contributed by atoms with Crippen LogP contribution in [0.15, 0.2) is 18.5 Å². The first-order valence-electron chi connectivity index (χ1n) is 8.28. The van der Waals surface area contributed by atoms with Gasteiger partial charge in [-0.1, -0.05) is 20.8 Å². The molecular weight excluding hydrogens is 326 g/mol. The summed E-state index contributed by atoms with van der Waals surface area (Å²) < 4.78 is 23.5. The van der Waals surface area contributed by atoms with Gasteiger partial charge < -0.3 is 10.2 Å². The quantitative estimate of drug-likeness (QED) is 0.883. The van der Waals surface area contributed by atoms with Crippen molar-refractivity contribution in [1.82, 2.24) is 15.2 Å². The lowest BCUT2D eigenvalue weighted by Crippen LogP contribution is -2.45. The van der Waals surface area contributed by atoms with Crippen LogP contribution in [0.4, 0.5) is 4.79 Å². The Morgan fingerprint density at radius 2 is 2.08 bits per heavy atom. The fourth-order valence-electron chi connectivity index (χ4n) is 2.94. The molecular formula is C17H27N3O3S. The average Bonchev–Trinajstić information content (AvgIpc) is 2.63. The first kappa shape index (κ1) is 18.7. The maximum absolute atomic E-state index is 12.5. The Labute approximate surface area is 144 Å². The van der Waals surface area contributed by atoms with Crippen LogP contribution in [0.25, 0.3) is 0 Å². The summed E-state index contributed by atoms with van der Waals surface area (Å²) >= 11 is 0. The highest BCUT2D eigenvalue weighted by molar-refractivity contribution is 7.91. The minimum atomic E-state index is -3.04. The van der Waals surface area contributed by atoms with Crippen molar-refractivity contribution >= 4 is 15.9 Å². The van der Waals surface area contributed by atoms with Crippen LogP contribution >= 0.6 is 0 Å². The number of nitrogens with one attached hydrogen (secondary N) is 1. The maximum Gasteiger partial charge on any atom is 0.317 e. The highest BCUT2D eigenvalue weighted by Crippen LogP contribution is 2.25. The Kier molecular flexibility index (Phi) is 5.52. The molecule has 0 bridgehead atoms. The monoisotopic (exact) mass is 353 g/mol. The van der Waals surface area contributed by atoms with Crippen molar-refractivity contribution < 1.29 is 13.2 Å². The first-order chi connectivity index (χ1) is 11.1. The molecule has 1 aliphatic rings. The van der Waals surface area contributed by atoms with E-state index >= 15 is 0 Å². The molecule has 0 spiro atoms. The Morgan fingerprint density at radius 1 is 1.38 bits per heavy atom. The van der Waals surface area contributed by atoms with Gasteiger partial charge in [-0.3, -0.25) is 4.98 Å². The third-order valence-corrected chi connectivity index (χ3v) is 6.09. The standard InChI is InChI=1S/C17H27N3O3S/c1-13-6-9-24(22,23)10-8-20(13)16(21)19-12-14-11-18-7-5-15(14)17(2,3)4/h5,7,11,13H,6,8-10,12H2,1-4H3,(H,19,21). The smallest absolute Gasteiger partial charge is 0.317 e. The predicted molar refractivity (Wildman–Crippen MR) is 94.6 cm³/mol. The molecule has 7 heteroatoms. The predicted octanol–water partition coefficient (Wildman–Crippen LogP) is 2.10. The van der Waals surface area contributed by atoms with Crippen LogP contribution in [-0.4, -0.2) is 48.4 Å². The highest BCUT2D eigenvalue weighted by Gasteiger charge is 2.28. The first-order valence-corrected chi connectivity index (χ1v) is 10.1. The normalized spacial score (nSPS) is 21.2. The molecule has 0 aliphatic carbocycles. The molecule has 1 saturated heterocycles. The molecule has 0 radical (unpaired) electrons. The minimum Gasteiger partial charge on any atom is -0.334 e. The maximum atomic E-state index is 12.5. The molecule has 1 atom stereocenters. The van der Waals surface area contributed by atoms with Gasteiger partial charge >= 0.3 is 6.03 Å². The molecule has 0 aromatic carbocycles. The lowest BCUT2D eigenvalue weighted by molar-refractivity contribution is 0.182. The van der Waals surface area contributed by atoms with E-state index < -0.39 is 9.84 Å². The van der Waals surface area contributed by atoms with Crippen molar-refractivity contribution in [3.8, 4) is 0 Å². The van der Waals surface area contributed by atoms with Gasteiger partial charge in [0.25, 0.3) is 0 Å². The van der Waals surface area contributed by atoms with Gasteiger partial charge in [0, 0.05) is 31.5 Å². The van der Waals surface area contributed by atoms with Gasteiger partial charge in [0.2, 0.25) is 0 Å². The van der Waals surface area contributed by atoms with Crippen LogP contribution in [0.3, 0.4) is 0 Å². The topological polar surface area (TPSA) is 79.4 Å². The second-order valence-electron chi connectivity index (χ2n) is 7.42. The molecule has 134 valence electrons. The molecule has 6 nitrogen and oxygen atoms in total. The number of amides is 2. The van der Waals surface area contributed by atoms with E-state index in [0.717, 1.165) is 11.1 Å². The molecule has 2 amide bonds. The molecule has 1 N–H and O–H groups in total. The van der Waals surface area contributed by atoms with Crippen LogP contribution in [0.1, 0.15) is 45.2 Å². The fraction of sp³-hybridized carbons (Fsp3) is 0.647. The summed E-state index contributed by atoms with van der Waals surface area (Å²) in [4.78, 5) is 18.3. The number of nitrogens with zero attached hydrogens (tertiary/aromatic N) is 2. The zero-order valence-electron chi connectivity index (χ0n) is 14.9. The molecule has 24 heavy (non-hydrogen) atoms. The van der Waals surface area contributed by atoms with E-state index in [9.17, 15) is 13.2 Å². The second-order valence-corrected chi connectivity index (χ2v) is 9.73. The number of sulfone groups is 1. The van der Waals surface area contributed by atoms with Gasteiger partial charge in [0.15, 0.2) is 9.84 Å². The van der Waals surface area contributed by atoms with Gasteiger partial charge in [0.05, 0.1) is 11.5 Å². The molecule has 1 aromatic heterocycles. The fourth-order valence-corrected chi connectivity index (χ4v) is 4.32. The van der Waals surface area contributed by atoms with E-state index in [1.165, 1.54) is 0 Å². The Bertz CT molecular complexity index is 695. The minimum absolute atomic E-state index is 0.0326. The Morgan fingerprint density at radius 3 is 2.75 bits per heavy atom. The van der Waals surface area contributed by atoms with Crippen LogP contribution in [0.5, 0.6) is 0 Å². The lowest BCUT2D eigenvalue weighted by Gasteiger charge is -2.27. The molecule has 0 saturated carbocycles. The highest BCUT2D eigenvalue weighted by atomic mass is 32.2. The van der Waals surface area contributed by atoms with Crippen molar-refractivity contribution in [3.05, 3.63) is 29.6 Å². The lowest BCUT2D eigenvalue weighted by atomic mass is 9.85. The molecule has 1 fully saturated rings. The largest absolute Gasteiger partial charge is 0.334 e. The molecule has 1 aromatic rings. The molecule has 2 rings (SSSR count). The third-order valence-electron chi connectivity index (χ3n) is 4.42. The Hall–Kier alpha value is -1.63. The summed E-state index contributed by atoms with van der Waals surface area (Å²) in [7, 11) is -3.04. The van der Waals surface area contributed by atoms with Crippen molar-refractivity contribution in [3.63, 3.8) is 0 Å². The second kappa shape index (κ2) is 7.09. The van der Waals surface area contributed by atoms with Gasteiger partial charge in [0.1, 0.15) is 0 Å². The molecule has 1 aliphatic heterocycles. The number of rotatable bonds is 2. The number of hydrogen-bond donors (Lipinski definition) is 1. The number of carbonyl (C=O) groups is 1. The van der Waals surface area contributed by atoms with Gasteiger partial charge in [-0.25, -0.2) is 13.2 Å². The van der Waals surface area contributed by atoms with Gasteiger partial charge in [-0.05, 0) is 36.0 Å². The van der Waals surface area contributed by atoms with Crippen LogP contribution in [-0.2, 0) is 21.8 Å². The van der Waals surface area contributed by atoms with E-state index in [0.29, 0.717) is 13.0 Å². The molecule has 1 unspecified atom stereocenters. The zero-order chi connectivity index (χ0) is 18.0. The molecule has 2 heterocycles. The van der Waals surface area contributed by atoms with Crippen molar-refractivity contribution in [2.75, 3.05) is 18.1 Å². The van der Waals surface area contributed by atoms with Crippen molar-refractivity contribution in [2.24, 2.45) is 0 Å². The van der Waals surface area contributed by atoms with Gasteiger partial charge in [-0.15, -0.1) is 0 Å². The number of carbonyl (C=O) groups excluding carboxylic acids is 1.